The summed E-state index contributed by atoms with van der Waals surface area (Å²) >= 11 is 2.84. The zero-order chi connectivity index (χ0) is 22.1. The van der Waals surface area contributed by atoms with Crippen molar-refractivity contribution in [2.75, 3.05) is 13.7 Å². The Balaban J connectivity index is 1.92. The Morgan fingerprint density at radius 2 is 1.97 bits per heavy atom. The van der Waals surface area contributed by atoms with Crippen LogP contribution in [0.5, 0.6) is 5.75 Å². The van der Waals surface area contributed by atoms with Crippen LogP contribution in [-0.2, 0) is 9.53 Å². The van der Waals surface area contributed by atoms with Gasteiger partial charge >= 0.3 is 5.97 Å². The van der Waals surface area contributed by atoms with Gasteiger partial charge in [0, 0.05) is 4.88 Å². The van der Waals surface area contributed by atoms with Gasteiger partial charge < -0.3 is 9.47 Å². The summed E-state index contributed by atoms with van der Waals surface area (Å²) in [6, 6.07) is 8.94. The number of benzene rings is 1. The van der Waals surface area contributed by atoms with E-state index in [-0.39, 0.29) is 12.2 Å². The van der Waals surface area contributed by atoms with E-state index in [4.69, 9.17) is 9.47 Å². The van der Waals surface area contributed by atoms with Crippen LogP contribution < -0.4 is 19.6 Å². The summed E-state index contributed by atoms with van der Waals surface area (Å²) in [4.78, 5) is 32.4. The van der Waals surface area contributed by atoms with E-state index in [1.165, 1.54) is 22.7 Å². The number of rotatable bonds is 5. The highest BCUT2D eigenvalue weighted by molar-refractivity contribution is 7.10. The van der Waals surface area contributed by atoms with Gasteiger partial charge in [-0.3, -0.25) is 9.36 Å². The van der Waals surface area contributed by atoms with E-state index in [1.54, 1.807) is 25.5 Å². The zero-order valence-electron chi connectivity index (χ0n) is 17.7. The molecule has 1 atom stereocenters. The topological polar surface area (TPSA) is 69.9 Å². The van der Waals surface area contributed by atoms with Crippen molar-refractivity contribution in [1.29, 1.82) is 0 Å². The lowest BCUT2D eigenvalue weighted by atomic mass is 10.00. The van der Waals surface area contributed by atoms with E-state index in [0.29, 0.717) is 20.6 Å². The van der Waals surface area contributed by atoms with E-state index < -0.39 is 12.0 Å². The minimum atomic E-state index is -0.548. The number of carbonyl (C=O) groups excluding carboxylic acids is 1. The highest BCUT2D eigenvalue weighted by Crippen LogP contribution is 2.35. The average molecular weight is 455 g/mol. The van der Waals surface area contributed by atoms with E-state index in [1.807, 2.05) is 48.7 Å². The molecule has 0 fully saturated rings. The fourth-order valence-corrected chi connectivity index (χ4v) is 5.63. The minimum Gasteiger partial charge on any atom is -0.497 e. The van der Waals surface area contributed by atoms with Crippen molar-refractivity contribution in [3.8, 4) is 5.75 Å². The van der Waals surface area contributed by atoms with Crippen LogP contribution in [0.4, 0.5) is 0 Å². The first-order valence-electron chi connectivity index (χ1n) is 9.82. The van der Waals surface area contributed by atoms with Gasteiger partial charge in [0.05, 0.1) is 29.5 Å². The average Bonchev–Trinajstić information content (AvgIpc) is 3.30. The quantitative estimate of drug-likeness (QED) is 0.556. The van der Waals surface area contributed by atoms with Gasteiger partial charge in [0.2, 0.25) is 0 Å². The van der Waals surface area contributed by atoms with Gasteiger partial charge in [-0.1, -0.05) is 23.5 Å². The highest BCUT2D eigenvalue weighted by atomic mass is 32.1. The first-order valence-corrected chi connectivity index (χ1v) is 11.5. The van der Waals surface area contributed by atoms with Crippen LogP contribution in [0.15, 0.2) is 56.8 Å². The van der Waals surface area contributed by atoms with E-state index >= 15 is 0 Å². The molecule has 2 aromatic heterocycles. The number of fused-ring (bicyclic) bond motifs is 1. The second kappa shape index (κ2) is 8.64. The predicted molar refractivity (Wildman–Crippen MR) is 122 cm³/mol. The van der Waals surface area contributed by atoms with Crippen LogP contribution in [0.3, 0.4) is 0 Å². The number of hydrogen-bond donors (Lipinski definition) is 0. The molecular formula is C23H22N2O4S2. The summed E-state index contributed by atoms with van der Waals surface area (Å²) in [5.74, 6) is 0.312. The molecule has 1 aliphatic rings. The van der Waals surface area contributed by atoms with Crippen molar-refractivity contribution in [3.63, 3.8) is 0 Å². The van der Waals surface area contributed by atoms with Crippen LogP contribution in [0.2, 0.25) is 0 Å². The molecule has 0 unspecified atom stereocenters. The lowest BCUT2D eigenvalue weighted by Gasteiger charge is -2.24. The number of thiophene rings is 1. The summed E-state index contributed by atoms with van der Waals surface area (Å²) in [5.41, 5.74) is 2.73. The van der Waals surface area contributed by atoms with Gasteiger partial charge in [-0.2, -0.15) is 0 Å². The molecule has 6 nitrogen and oxygen atoms in total. The maximum Gasteiger partial charge on any atom is 0.338 e. The molecule has 0 aliphatic carbocycles. The Labute approximate surface area is 187 Å². The van der Waals surface area contributed by atoms with Crippen LogP contribution in [0, 0.1) is 6.92 Å². The van der Waals surface area contributed by atoms with Crippen molar-refractivity contribution in [2.45, 2.75) is 26.8 Å². The predicted octanol–water partition coefficient (Wildman–Crippen LogP) is 3.18. The molecule has 0 spiro atoms. The molecule has 160 valence electrons. The smallest absolute Gasteiger partial charge is 0.338 e. The molecule has 0 N–H and O–H groups in total. The summed E-state index contributed by atoms with van der Waals surface area (Å²) in [6.45, 7) is 5.80. The maximum atomic E-state index is 13.5. The van der Waals surface area contributed by atoms with Crippen molar-refractivity contribution < 1.29 is 14.3 Å². The van der Waals surface area contributed by atoms with Gasteiger partial charge in [0.25, 0.3) is 5.56 Å². The van der Waals surface area contributed by atoms with E-state index in [9.17, 15) is 9.59 Å². The zero-order valence-corrected chi connectivity index (χ0v) is 19.3. The number of allylic oxidation sites excluding steroid dienone is 1. The first-order chi connectivity index (χ1) is 14.9. The molecule has 0 saturated carbocycles. The fourth-order valence-electron chi connectivity index (χ4n) is 3.56. The van der Waals surface area contributed by atoms with Gasteiger partial charge in [0.1, 0.15) is 11.8 Å². The summed E-state index contributed by atoms with van der Waals surface area (Å²) in [5, 5.41) is 1.97. The number of nitrogens with zero attached hydrogens (tertiary/aromatic N) is 2. The summed E-state index contributed by atoms with van der Waals surface area (Å²) in [7, 11) is 1.61. The molecule has 3 heterocycles. The van der Waals surface area contributed by atoms with Crippen LogP contribution in [0.25, 0.3) is 6.08 Å². The number of hydrogen-bond acceptors (Lipinski definition) is 7. The molecule has 0 radical (unpaired) electrons. The van der Waals surface area contributed by atoms with Crippen LogP contribution >= 0.6 is 22.7 Å². The highest BCUT2D eigenvalue weighted by Gasteiger charge is 2.34. The molecule has 1 aliphatic heterocycles. The number of carbonyl (C=O) groups is 1. The molecule has 0 bridgehead atoms. The monoisotopic (exact) mass is 454 g/mol. The normalized spacial score (nSPS) is 16.1. The van der Waals surface area contributed by atoms with Crippen molar-refractivity contribution in [2.24, 2.45) is 4.99 Å². The number of ether oxygens (including phenoxy) is 2. The van der Waals surface area contributed by atoms with E-state index in [0.717, 1.165) is 21.8 Å². The lowest BCUT2D eigenvalue weighted by Crippen LogP contribution is -2.39. The summed E-state index contributed by atoms with van der Waals surface area (Å²) < 4.78 is 12.7. The number of esters is 1. The molecular weight excluding hydrogens is 432 g/mol. The number of aromatic nitrogens is 1. The Hall–Kier alpha value is -2.97. The molecule has 1 aromatic carbocycles. The molecule has 0 amide bonds. The molecule has 4 rings (SSSR count). The number of aryl methyl sites for hydroxylation is 1. The Morgan fingerprint density at radius 3 is 2.58 bits per heavy atom. The standard InChI is InChI=1S/C23H22N2O4S2/c1-5-29-22(27)18-14(3)24-23-25(19(18)20-13(2)10-11-30-20)21(26)17(31-23)12-15-6-8-16(28-4)9-7-15/h6-12,19H,5H2,1-4H3/b17-12+/t19-/m1/s1. The van der Waals surface area contributed by atoms with Gasteiger partial charge in [-0.25, -0.2) is 9.79 Å². The second-order valence-corrected chi connectivity index (χ2v) is 9.00. The summed E-state index contributed by atoms with van der Waals surface area (Å²) in [6.07, 6.45) is 1.84. The van der Waals surface area contributed by atoms with Crippen LogP contribution in [-0.4, -0.2) is 24.3 Å². The third-order valence-corrected chi connectivity index (χ3v) is 7.13. The van der Waals surface area contributed by atoms with Crippen molar-refractivity contribution in [3.05, 3.63) is 82.7 Å². The Kier molecular flexibility index (Phi) is 5.93. The lowest BCUT2D eigenvalue weighted by molar-refractivity contribution is -0.139. The van der Waals surface area contributed by atoms with Crippen molar-refractivity contribution in [1.82, 2.24) is 4.57 Å². The Bertz CT molecular complexity index is 1340. The number of methoxy groups -OCH3 is 1. The SMILES string of the molecule is CCOC(=O)C1=C(C)N=c2s/c(=C/c3ccc(OC)cc3)c(=O)n2[C@H]1c1sccc1C. The molecule has 8 heteroatoms. The van der Waals surface area contributed by atoms with Crippen molar-refractivity contribution >= 4 is 34.7 Å². The molecule has 31 heavy (non-hydrogen) atoms. The first kappa shape index (κ1) is 21.3. The minimum absolute atomic E-state index is 0.174. The third kappa shape index (κ3) is 3.88. The van der Waals surface area contributed by atoms with E-state index in [2.05, 4.69) is 4.99 Å². The Morgan fingerprint density at radius 1 is 1.23 bits per heavy atom. The van der Waals surface area contributed by atoms with Gasteiger partial charge in [-0.05, 0) is 61.6 Å². The maximum absolute atomic E-state index is 13.5. The second-order valence-electron chi connectivity index (χ2n) is 7.04. The fraction of sp³-hybridized carbons (Fsp3) is 0.261. The van der Waals surface area contributed by atoms with Gasteiger partial charge in [-0.15, -0.1) is 11.3 Å². The van der Waals surface area contributed by atoms with Gasteiger partial charge in [0.15, 0.2) is 4.80 Å². The largest absolute Gasteiger partial charge is 0.497 e. The van der Waals surface area contributed by atoms with Crippen LogP contribution in [0.1, 0.15) is 35.9 Å². The molecule has 3 aromatic rings. The third-order valence-electron chi connectivity index (χ3n) is 5.08. The molecule has 0 saturated heterocycles. The number of thiazole rings is 1.